The van der Waals surface area contributed by atoms with Gasteiger partial charge in [0.1, 0.15) is 0 Å². The predicted octanol–water partition coefficient (Wildman–Crippen LogP) is 2.37. The number of nitrogens with one attached hydrogen (secondary N) is 1. The summed E-state index contributed by atoms with van der Waals surface area (Å²) in [7, 11) is -3.99. The first-order valence-electron chi connectivity index (χ1n) is 7.99. The molecule has 0 bridgehead atoms. The molecule has 0 amide bonds. The van der Waals surface area contributed by atoms with E-state index in [9.17, 15) is 18.5 Å². The highest BCUT2D eigenvalue weighted by Crippen LogP contribution is 2.22. The van der Waals surface area contributed by atoms with Gasteiger partial charge in [0.25, 0.3) is 5.69 Å². The van der Waals surface area contributed by atoms with Crippen LogP contribution in [0.25, 0.3) is 5.13 Å². The molecule has 3 aromatic rings. The zero-order valence-corrected chi connectivity index (χ0v) is 16.2. The molecule has 0 saturated carbocycles. The van der Waals surface area contributed by atoms with Crippen LogP contribution in [0.15, 0.2) is 40.6 Å². The molecule has 1 aromatic carbocycles. The maximum atomic E-state index is 12.4. The number of aryl methyl sites for hydroxylation is 2. The van der Waals surface area contributed by atoms with Crippen molar-refractivity contribution in [2.24, 2.45) is 0 Å². The second-order valence-electron chi connectivity index (χ2n) is 5.83. The molecule has 0 aliphatic carbocycles. The van der Waals surface area contributed by atoms with E-state index in [0.717, 1.165) is 17.5 Å². The summed E-state index contributed by atoms with van der Waals surface area (Å²) in [4.78, 5) is 14.4. The van der Waals surface area contributed by atoms with Crippen LogP contribution in [0.3, 0.4) is 0 Å². The minimum atomic E-state index is -3.99. The number of para-hydroxylation sites is 1. The third-order valence-electron chi connectivity index (χ3n) is 3.76. The number of rotatable bonds is 7. The molecule has 0 atom stereocenters. The summed E-state index contributed by atoms with van der Waals surface area (Å²) < 4.78 is 28.9. The Bertz CT molecular complexity index is 1090. The quantitative estimate of drug-likeness (QED) is 0.474. The predicted molar refractivity (Wildman–Crippen MR) is 101 cm³/mol. The topological polar surface area (TPSA) is 120 Å². The Morgan fingerprint density at radius 3 is 2.70 bits per heavy atom. The van der Waals surface area contributed by atoms with Crippen molar-refractivity contribution in [1.82, 2.24) is 19.5 Å². The first kappa shape index (κ1) is 19.1. The molecule has 0 spiro atoms. The molecule has 0 aliphatic heterocycles. The van der Waals surface area contributed by atoms with Crippen molar-refractivity contribution in [1.29, 1.82) is 0 Å². The van der Waals surface area contributed by atoms with Gasteiger partial charge in [-0.05, 0) is 26.0 Å². The van der Waals surface area contributed by atoms with E-state index in [4.69, 9.17) is 0 Å². The number of hydrogen-bond acceptors (Lipinski definition) is 7. The fourth-order valence-corrected chi connectivity index (χ4v) is 4.63. The molecule has 3 rings (SSSR count). The average Bonchev–Trinajstić information content (AvgIpc) is 3.20. The van der Waals surface area contributed by atoms with Crippen LogP contribution < -0.4 is 4.72 Å². The molecule has 2 heterocycles. The first-order chi connectivity index (χ1) is 12.8. The Balaban J connectivity index is 1.68. The van der Waals surface area contributed by atoms with Crippen LogP contribution in [-0.4, -0.2) is 34.7 Å². The standard InChI is InChI=1S/C16H17N5O4S2/c1-11-9-12(2)20(19-11)16-18-13(10-26-16)7-8-17-27(24,25)15-6-4-3-5-14(15)21(22)23/h3-6,9-10,17H,7-8H2,1-2H3. The number of nitrogens with zero attached hydrogens (tertiary/aromatic N) is 4. The van der Waals surface area contributed by atoms with Crippen LogP contribution in [0.4, 0.5) is 5.69 Å². The van der Waals surface area contributed by atoms with E-state index in [0.29, 0.717) is 17.2 Å². The Labute approximate surface area is 159 Å². The minimum absolute atomic E-state index is 0.0780. The van der Waals surface area contributed by atoms with Crippen LogP contribution in [-0.2, 0) is 16.4 Å². The maximum absolute atomic E-state index is 12.4. The molecule has 0 saturated heterocycles. The summed E-state index contributed by atoms with van der Waals surface area (Å²) >= 11 is 1.41. The average molecular weight is 407 g/mol. The SMILES string of the molecule is Cc1cc(C)n(-c2nc(CCNS(=O)(=O)c3ccccc3[N+](=O)[O-])cs2)n1. The van der Waals surface area contributed by atoms with Crippen LogP contribution in [0.5, 0.6) is 0 Å². The number of nitro benzene ring substituents is 1. The van der Waals surface area contributed by atoms with Crippen molar-refractivity contribution in [2.75, 3.05) is 6.54 Å². The molecule has 0 aliphatic rings. The number of thiazole rings is 1. The molecule has 1 N–H and O–H groups in total. The highest BCUT2D eigenvalue weighted by Gasteiger charge is 2.24. The van der Waals surface area contributed by atoms with Crippen LogP contribution in [0.2, 0.25) is 0 Å². The number of benzene rings is 1. The summed E-state index contributed by atoms with van der Waals surface area (Å²) in [6.45, 7) is 3.91. The molecule has 0 radical (unpaired) electrons. The fourth-order valence-electron chi connectivity index (χ4n) is 2.56. The summed E-state index contributed by atoms with van der Waals surface area (Å²) in [5, 5.41) is 17.9. The van der Waals surface area contributed by atoms with E-state index in [1.165, 1.54) is 29.5 Å². The van der Waals surface area contributed by atoms with E-state index in [2.05, 4.69) is 14.8 Å². The van der Waals surface area contributed by atoms with Crippen molar-refractivity contribution >= 4 is 27.0 Å². The van der Waals surface area contributed by atoms with Gasteiger partial charge in [-0.3, -0.25) is 10.1 Å². The Morgan fingerprint density at radius 1 is 1.30 bits per heavy atom. The summed E-state index contributed by atoms with van der Waals surface area (Å²) in [6.07, 6.45) is 0.357. The minimum Gasteiger partial charge on any atom is -0.258 e. The van der Waals surface area contributed by atoms with Gasteiger partial charge in [0, 0.05) is 30.1 Å². The van der Waals surface area contributed by atoms with Gasteiger partial charge in [-0.25, -0.2) is 22.8 Å². The van der Waals surface area contributed by atoms with Gasteiger partial charge >= 0.3 is 0 Å². The molecule has 11 heteroatoms. The van der Waals surface area contributed by atoms with Gasteiger partial charge in [-0.1, -0.05) is 12.1 Å². The lowest BCUT2D eigenvalue weighted by molar-refractivity contribution is -0.387. The molecule has 27 heavy (non-hydrogen) atoms. The molecular weight excluding hydrogens is 390 g/mol. The van der Waals surface area contributed by atoms with Crippen molar-refractivity contribution in [3.8, 4) is 5.13 Å². The Hall–Kier alpha value is -2.63. The summed E-state index contributed by atoms with van der Waals surface area (Å²) in [5.41, 5.74) is 2.12. The summed E-state index contributed by atoms with van der Waals surface area (Å²) in [6, 6.07) is 7.19. The number of hydrogen-bond donors (Lipinski definition) is 1. The molecule has 0 fully saturated rings. The monoisotopic (exact) mass is 407 g/mol. The molecule has 0 unspecified atom stereocenters. The lowest BCUT2D eigenvalue weighted by Gasteiger charge is -2.06. The summed E-state index contributed by atoms with van der Waals surface area (Å²) in [5.74, 6) is 0. The van der Waals surface area contributed by atoms with Crippen molar-refractivity contribution in [3.63, 3.8) is 0 Å². The number of aromatic nitrogens is 3. The largest absolute Gasteiger partial charge is 0.289 e. The van der Waals surface area contributed by atoms with Gasteiger partial charge in [0.15, 0.2) is 4.90 Å². The molecule has 2 aromatic heterocycles. The van der Waals surface area contributed by atoms with E-state index in [1.807, 2.05) is 25.3 Å². The van der Waals surface area contributed by atoms with Gasteiger partial charge in [0.05, 0.1) is 16.3 Å². The third-order valence-corrected chi connectivity index (χ3v) is 6.13. The highest BCUT2D eigenvalue weighted by atomic mass is 32.2. The van der Waals surface area contributed by atoms with Crippen LogP contribution in [0.1, 0.15) is 17.1 Å². The smallest absolute Gasteiger partial charge is 0.258 e. The van der Waals surface area contributed by atoms with E-state index in [-0.39, 0.29) is 11.4 Å². The number of nitro groups is 1. The second-order valence-corrected chi connectivity index (χ2v) is 8.40. The van der Waals surface area contributed by atoms with Gasteiger partial charge in [0.2, 0.25) is 15.2 Å². The van der Waals surface area contributed by atoms with Crippen molar-refractivity contribution in [3.05, 3.63) is 62.9 Å². The van der Waals surface area contributed by atoms with E-state index in [1.54, 1.807) is 4.68 Å². The lowest BCUT2D eigenvalue weighted by atomic mass is 10.3. The normalized spacial score (nSPS) is 11.6. The zero-order chi connectivity index (χ0) is 19.6. The van der Waals surface area contributed by atoms with Gasteiger partial charge in [-0.15, -0.1) is 11.3 Å². The zero-order valence-electron chi connectivity index (χ0n) is 14.6. The van der Waals surface area contributed by atoms with Crippen LogP contribution in [0, 0.1) is 24.0 Å². The Kier molecular flexibility index (Phi) is 5.35. The fraction of sp³-hybridized carbons (Fsp3) is 0.250. The number of sulfonamides is 1. The molecule has 9 nitrogen and oxygen atoms in total. The lowest BCUT2D eigenvalue weighted by Crippen LogP contribution is -2.26. The van der Waals surface area contributed by atoms with Gasteiger partial charge in [-0.2, -0.15) is 5.10 Å². The van der Waals surface area contributed by atoms with E-state index < -0.39 is 20.6 Å². The molecule has 142 valence electrons. The maximum Gasteiger partial charge on any atom is 0.289 e. The van der Waals surface area contributed by atoms with Crippen LogP contribution >= 0.6 is 11.3 Å². The third kappa shape index (κ3) is 4.21. The first-order valence-corrected chi connectivity index (χ1v) is 10.4. The highest BCUT2D eigenvalue weighted by molar-refractivity contribution is 7.89. The van der Waals surface area contributed by atoms with Crippen molar-refractivity contribution in [2.45, 2.75) is 25.2 Å². The second kappa shape index (κ2) is 7.55. The molecular formula is C16H17N5O4S2. The van der Waals surface area contributed by atoms with E-state index >= 15 is 0 Å². The van der Waals surface area contributed by atoms with Gasteiger partial charge < -0.3 is 0 Å². The Morgan fingerprint density at radius 2 is 2.04 bits per heavy atom. The van der Waals surface area contributed by atoms with Crippen molar-refractivity contribution < 1.29 is 13.3 Å².